The molecule has 0 aliphatic rings. The Morgan fingerprint density at radius 2 is 1.76 bits per heavy atom. The Kier molecular flexibility index (Phi) is 8.66. The molecule has 1 aromatic heterocycles. The zero-order valence-corrected chi connectivity index (χ0v) is 21.7. The summed E-state index contributed by atoms with van der Waals surface area (Å²) in [5.41, 5.74) is 2.46. The van der Waals surface area contributed by atoms with Crippen LogP contribution in [0.1, 0.15) is 27.9 Å². The lowest BCUT2D eigenvalue weighted by Crippen LogP contribution is -2.36. The minimum atomic E-state index is -4.49. The van der Waals surface area contributed by atoms with Crippen molar-refractivity contribution >= 4 is 34.6 Å². The van der Waals surface area contributed by atoms with Gasteiger partial charge in [-0.05, 0) is 53.7 Å². The van der Waals surface area contributed by atoms with E-state index >= 15 is 0 Å². The lowest BCUT2D eigenvalue weighted by Gasteiger charge is -2.28. The normalized spacial score (nSPS) is 11.1. The Labute approximate surface area is 229 Å². The van der Waals surface area contributed by atoms with E-state index in [0.717, 1.165) is 17.3 Å². The first kappa shape index (κ1) is 27.2. The van der Waals surface area contributed by atoms with Crippen molar-refractivity contribution in [3.63, 3.8) is 0 Å². The molecule has 0 aliphatic carbocycles. The van der Waals surface area contributed by atoms with Gasteiger partial charge >= 0.3 is 6.18 Å². The fourth-order valence-electron chi connectivity index (χ4n) is 3.98. The summed E-state index contributed by atoms with van der Waals surface area (Å²) in [7, 11) is 0. The van der Waals surface area contributed by atoms with E-state index in [1.165, 1.54) is 12.1 Å². The van der Waals surface area contributed by atoms with Crippen LogP contribution in [0.15, 0.2) is 85.3 Å². The van der Waals surface area contributed by atoms with Crippen LogP contribution in [0.2, 0.25) is 5.02 Å². The summed E-state index contributed by atoms with van der Waals surface area (Å²) in [5, 5.41) is 12.8. The summed E-state index contributed by atoms with van der Waals surface area (Å²) in [6.07, 6.45) is -0.568. The zero-order chi connectivity index (χ0) is 27.1. The molecule has 0 aliphatic heterocycles. The van der Waals surface area contributed by atoms with Gasteiger partial charge in [-0.2, -0.15) is 18.4 Å². The van der Waals surface area contributed by atoms with E-state index in [-0.39, 0.29) is 17.2 Å². The number of halogens is 4. The summed E-state index contributed by atoms with van der Waals surface area (Å²) < 4.78 is 43.1. The molecule has 194 valence electrons. The second-order valence-electron chi connectivity index (χ2n) is 8.56. The maximum absolute atomic E-state index is 13.7. The van der Waals surface area contributed by atoms with Crippen molar-refractivity contribution in [2.75, 3.05) is 11.9 Å². The van der Waals surface area contributed by atoms with Gasteiger partial charge in [-0.1, -0.05) is 54.1 Å². The van der Waals surface area contributed by atoms with Crippen LogP contribution in [0.25, 0.3) is 0 Å². The van der Waals surface area contributed by atoms with E-state index in [4.69, 9.17) is 29.1 Å². The van der Waals surface area contributed by atoms with E-state index in [9.17, 15) is 13.2 Å². The van der Waals surface area contributed by atoms with Crippen LogP contribution in [-0.2, 0) is 25.7 Å². The number of anilines is 1. The molecule has 0 atom stereocenters. The third kappa shape index (κ3) is 6.91. The number of nitriles is 1. The average Bonchev–Trinajstić information content (AvgIpc) is 3.34. The van der Waals surface area contributed by atoms with Gasteiger partial charge < -0.3 is 14.8 Å². The van der Waals surface area contributed by atoms with Gasteiger partial charge in [-0.3, -0.25) is 0 Å². The van der Waals surface area contributed by atoms with E-state index in [1.807, 2.05) is 16.7 Å². The first-order valence-corrected chi connectivity index (χ1v) is 12.5. The van der Waals surface area contributed by atoms with Gasteiger partial charge in [0, 0.05) is 37.9 Å². The highest BCUT2D eigenvalue weighted by atomic mass is 35.5. The number of rotatable bonds is 8. The minimum absolute atomic E-state index is 0.0459. The SMILES string of the molecule is N#Cc1ccc(Cn2cncc2CCN(Cc2ccccc2C(F)(F)F)C(=S)Nc2ccccc2Cl)cc1. The second-order valence-corrected chi connectivity index (χ2v) is 9.35. The zero-order valence-electron chi connectivity index (χ0n) is 20.1. The van der Waals surface area contributed by atoms with Gasteiger partial charge in [0.25, 0.3) is 0 Å². The third-order valence-electron chi connectivity index (χ3n) is 5.96. The molecule has 0 amide bonds. The van der Waals surface area contributed by atoms with Crippen LogP contribution in [-0.4, -0.2) is 26.1 Å². The Morgan fingerprint density at radius 1 is 1.05 bits per heavy atom. The molecular formula is C28H23ClF3N5S. The number of alkyl halides is 3. The van der Waals surface area contributed by atoms with Crippen LogP contribution in [0.3, 0.4) is 0 Å². The van der Waals surface area contributed by atoms with Gasteiger partial charge in [-0.25, -0.2) is 4.98 Å². The van der Waals surface area contributed by atoms with E-state index < -0.39 is 11.7 Å². The van der Waals surface area contributed by atoms with Gasteiger partial charge in [-0.15, -0.1) is 0 Å². The van der Waals surface area contributed by atoms with Gasteiger partial charge in [0.2, 0.25) is 0 Å². The molecule has 0 spiro atoms. The Hall–Kier alpha value is -3.87. The monoisotopic (exact) mass is 553 g/mol. The molecule has 0 unspecified atom stereocenters. The van der Waals surface area contributed by atoms with Crippen molar-refractivity contribution in [1.29, 1.82) is 5.26 Å². The van der Waals surface area contributed by atoms with E-state index in [2.05, 4.69) is 16.4 Å². The number of benzene rings is 3. The molecule has 38 heavy (non-hydrogen) atoms. The molecular weight excluding hydrogens is 531 g/mol. The lowest BCUT2D eigenvalue weighted by molar-refractivity contribution is -0.138. The van der Waals surface area contributed by atoms with Crippen molar-refractivity contribution in [3.05, 3.63) is 118 Å². The van der Waals surface area contributed by atoms with Crippen molar-refractivity contribution < 1.29 is 13.2 Å². The molecule has 1 heterocycles. The fraction of sp³-hybridized carbons (Fsp3) is 0.179. The first-order chi connectivity index (χ1) is 18.2. The lowest BCUT2D eigenvalue weighted by atomic mass is 10.1. The number of para-hydroxylation sites is 1. The molecule has 0 saturated heterocycles. The quantitative estimate of drug-likeness (QED) is 0.240. The Balaban J connectivity index is 1.55. The number of aromatic nitrogens is 2. The van der Waals surface area contributed by atoms with Crippen molar-refractivity contribution in [2.45, 2.75) is 25.7 Å². The summed E-state index contributed by atoms with van der Waals surface area (Å²) in [6, 6.07) is 21.9. The number of imidazole rings is 1. The molecule has 5 nitrogen and oxygen atoms in total. The van der Waals surface area contributed by atoms with Crippen molar-refractivity contribution in [2.24, 2.45) is 0 Å². The molecule has 0 radical (unpaired) electrons. The highest BCUT2D eigenvalue weighted by Gasteiger charge is 2.33. The maximum atomic E-state index is 13.7. The largest absolute Gasteiger partial charge is 0.416 e. The van der Waals surface area contributed by atoms with Crippen LogP contribution in [0.4, 0.5) is 18.9 Å². The number of hydrogen-bond acceptors (Lipinski definition) is 3. The van der Waals surface area contributed by atoms with Crippen LogP contribution in [0, 0.1) is 11.3 Å². The number of nitrogens with zero attached hydrogens (tertiary/aromatic N) is 4. The predicted molar refractivity (Wildman–Crippen MR) is 146 cm³/mol. The Morgan fingerprint density at radius 3 is 2.47 bits per heavy atom. The highest BCUT2D eigenvalue weighted by Crippen LogP contribution is 2.32. The second kappa shape index (κ2) is 12.1. The van der Waals surface area contributed by atoms with Gasteiger partial charge in [0.05, 0.1) is 34.2 Å². The standard InChI is InChI=1S/C28H23ClF3N5S/c29-25-7-3-4-8-26(25)35-27(38)36(18-22-5-1-2-6-24(22)28(30,31)32)14-13-23-16-34-19-37(23)17-21-11-9-20(15-33)10-12-21/h1-12,16,19H,13-14,17-18H2,(H,35,38). The predicted octanol–water partition coefficient (Wildman–Crippen LogP) is 6.92. The molecule has 3 aromatic carbocycles. The molecule has 4 aromatic rings. The molecule has 0 bridgehead atoms. The molecule has 0 saturated carbocycles. The summed E-state index contributed by atoms with van der Waals surface area (Å²) in [5.74, 6) is 0. The topological polar surface area (TPSA) is 56.9 Å². The number of nitrogens with one attached hydrogen (secondary N) is 1. The summed E-state index contributed by atoms with van der Waals surface area (Å²) in [4.78, 5) is 5.96. The third-order valence-corrected chi connectivity index (χ3v) is 6.65. The van der Waals surface area contributed by atoms with Crippen LogP contribution < -0.4 is 5.32 Å². The maximum Gasteiger partial charge on any atom is 0.416 e. The first-order valence-electron chi connectivity index (χ1n) is 11.7. The van der Waals surface area contributed by atoms with Gasteiger partial charge in [0.15, 0.2) is 5.11 Å². The van der Waals surface area contributed by atoms with Crippen molar-refractivity contribution in [1.82, 2.24) is 14.5 Å². The molecule has 10 heteroatoms. The Bertz CT molecular complexity index is 1440. The van der Waals surface area contributed by atoms with E-state index in [0.29, 0.717) is 35.8 Å². The molecule has 0 fully saturated rings. The van der Waals surface area contributed by atoms with Gasteiger partial charge in [0.1, 0.15) is 0 Å². The molecule has 4 rings (SSSR count). The van der Waals surface area contributed by atoms with Crippen LogP contribution >= 0.6 is 23.8 Å². The summed E-state index contributed by atoms with van der Waals surface area (Å²) >= 11 is 11.9. The summed E-state index contributed by atoms with van der Waals surface area (Å²) in [6.45, 7) is 0.831. The minimum Gasteiger partial charge on any atom is -0.344 e. The number of hydrogen-bond donors (Lipinski definition) is 1. The van der Waals surface area contributed by atoms with E-state index in [1.54, 1.807) is 59.9 Å². The highest BCUT2D eigenvalue weighted by molar-refractivity contribution is 7.80. The molecule has 1 N–H and O–H groups in total. The average molecular weight is 554 g/mol. The van der Waals surface area contributed by atoms with Crippen LogP contribution in [0.5, 0.6) is 0 Å². The number of thiocarbonyl (C=S) groups is 1. The fourth-order valence-corrected chi connectivity index (χ4v) is 4.43. The smallest absolute Gasteiger partial charge is 0.344 e. The van der Waals surface area contributed by atoms with Crippen molar-refractivity contribution in [3.8, 4) is 6.07 Å².